The lowest BCUT2D eigenvalue weighted by Gasteiger charge is -2.37. The number of fused-ring (bicyclic) bond motifs is 5. The Kier molecular flexibility index (Phi) is 3.55. The van der Waals surface area contributed by atoms with E-state index in [4.69, 9.17) is 0 Å². The standard InChI is InChI=1S/C25H32N2/c1-15-16(2)21(15)13-18-8-10-20-22-14-26-12-11-24(22)27-23-6-4-3-5-17(23)7-9-19(18)25(20)27/h3,5,7,11,14-16,18,20-21,23,26H,4,6,8-10,12-13H2,1-2H3/t15-,16+,18?,20?,21?,23?. The van der Waals surface area contributed by atoms with Crippen LogP contribution in [0.1, 0.15) is 52.4 Å². The number of hydrogen-bond acceptors (Lipinski definition) is 2. The van der Waals surface area contributed by atoms with E-state index in [0.717, 1.165) is 30.2 Å². The fourth-order valence-electron chi connectivity index (χ4n) is 6.75. The van der Waals surface area contributed by atoms with E-state index in [0.29, 0.717) is 12.0 Å². The smallest absolute Gasteiger partial charge is 0.0588 e. The van der Waals surface area contributed by atoms with Crippen molar-refractivity contribution in [3.8, 4) is 0 Å². The Bertz CT molecular complexity index is 815. The van der Waals surface area contributed by atoms with E-state index in [9.17, 15) is 0 Å². The zero-order chi connectivity index (χ0) is 18.1. The molecule has 0 amide bonds. The first kappa shape index (κ1) is 16.3. The Morgan fingerprint density at radius 2 is 2.00 bits per heavy atom. The SMILES string of the molecule is C[C@@H]1C(CC2CCC3C4=CNCC=C4N4C3=C2CC=C2C=CCCC24)[C@@H]1C. The van der Waals surface area contributed by atoms with Crippen molar-refractivity contribution >= 4 is 0 Å². The molecule has 0 aromatic carbocycles. The van der Waals surface area contributed by atoms with Gasteiger partial charge in [-0.3, -0.25) is 0 Å². The van der Waals surface area contributed by atoms with Gasteiger partial charge >= 0.3 is 0 Å². The molecule has 0 radical (unpaired) electrons. The zero-order valence-electron chi connectivity index (χ0n) is 16.7. The maximum Gasteiger partial charge on any atom is 0.0588 e. The van der Waals surface area contributed by atoms with Crippen LogP contribution in [0, 0.1) is 29.6 Å². The summed E-state index contributed by atoms with van der Waals surface area (Å²) in [5.74, 6) is 4.31. The number of hydrogen-bond donors (Lipinski definition) is 1. The van der Waals surface area contributed by atoms with Crippen molar-refractivity contribution in [3.63, 3.8) is 0 Å². The minimum absolute atomic E-state index is 0.567. The van der Waals surface area contributed by atoms with Crippen molar-refractivity contribution in [2.75, 3.05) is 6.54 Å². The van der Waals surface area contributed by atoms with Crippen LogP contribution in [0.25, 0.3) is 0 Å². The lowest BCUT2D eigenvalue weighted by Crippen LogP contribution is -2.35. The van der Waals surface area contributed by atoms with Gasteiger partial charge in [0.1, 0.15) is 0 Å². The van der Waals surface area contributed by atoms with E-state index in [-0.39, 0.29) is 0 Å². The normalized spacial score (nSPS) is 41.6. The molecule has 2 nitrogen and oxygen atoms in total. The van der Waals surface area contributed by atoms with E-state index >= 15 is 0 Å². The highest BCUT2D eigenvalue weighted by Gasteiger charge is 2.49. The average Bonchev–Trinajstić information content (AvgIpc) is 3.17. The summed E-state index contributed by atoms with van der Waals surface area (Å²) in [5.41, 5.74) is 8.20. The van der Waals surface area contributed by atoms with Crippen LogP contribution in [0.3, 0.4) is 0 Å². The van der Waals surface area contributed by atoms with Crippen LogP contribution in [-0.2, 0) is 0 Å². The van der Waals surface area contributed by atoms with Crippen LogP contribution in [-0.4, -0.2) is 17.5 Å². The first-order valence-electron chi connectivity index (χ1n) is 11.3. The van der Waals surface area contributed by atoms with Gasteiger partial charge in [0.25, 0.3) is 0 Å². The quantitative estimate of drug-likeness (QED) is 0.719. The Morgan fingerprint density at radius 3 is 2.85 bits per heavy atom. The molecule has 2 heteroatoms. The van der Waals surface area contributed by atoms with Gasteiger partial charge in [0, 0.05) is 35.6 Å². The third-order valence-corrected chi connectivity index (χ3v) is 8.58. The summed E-state index contributed by atoms with van der Waals surface area (Å²) in [6.45, 7) is 5.91. The third-order valence-electron chi connectivity index (χ3n) is 8.58. The molecule has 3 aliphatic heterocycles. The lowest BCUT2D eigenvalue weighted by molar-refractivity contribution is 0.311. The van der Waals surface area contributed by atoms with Gasteiger partial charge in [-0.05, 0) is 79.4 Å². The molecule has 1 saturated heterocycles. The Labute approximate surface area is 163 Å². The molecule has 1 saturated carbocycles. The molecule has 0 aromatic rings. The summed E-state index contributed by atoms with van der Waals surface area (Å²) in [6, 6.07) is 0.567. The van der Waals surface area contributed by atoms with Gasteiger partial charge in [0.2, 0.25) is 0 Å². The molecule has 1 N–H and O–H groups in total. The average molecular weight is 361 g/mol. The summed E-state index contributed by atoms with van der Waals surface area (Å²) in [5, 5.41) is 3.51. The molecule has 6 atom stereocenters. The highest BCUT2D eigenvalue weighted by atomic mass is 15.2. The second-order valence-electron chi connectivity index (χ2n) is 9.73. The summed E-state index contributed by atoms with van der Waals surface area (Å²) >= 11 is 0. The van der Waals surface area contributed by atoms with Crippen molar-refractivity contribution in [2.24, 2.45) is 29.6 Å². The van der Waals surface area contributed by atoms with Crippen molar-refractivity contribution in [1.29, 1.82) is 0 Å². The number of dihydropyridines is 1. The predicted molar refractivity (Wildman–Crippen MR) is 111 cm³/mol. The second kappa shape index (κ2) is 5.90. The molecule has 0 aromatic heterocycles. The summed E-state index contributed by atoms with van der Waals surface area (Å²) < 4.78 is 0. The Hall–Kier alpha value is -1.70. The van der Waals surface area contributed by atoms with Crippen LogP contribution in [0.5, 0.6) is 0 Å². The van der Waals surface area contributed by atoms with Gasteiger partial charge in [0.05, 0.1) is 6.04 Å². The minimum atomic E-state index is 0.567. The molecule has 6 aliphatic rings. The molecule has 27 heavy (non-hydrogen) atoms. The van der Waals surface area contributed by atoms with E-state index in [1.165, 1.54) is 44.2 Å². The highest BCUT2D eigenvalue weighted by Crippen LogP contribution is 2.57. The topological polar surface area (TPSA) is 15.3 Å². The minimum Gasteiger partial charge on any atom is -0.387 e. The number of rotatable bonds is 2. The second-order valence-corrected chi connectivity index (χ2v) is 9.73. The van der Waals surface area contributed by atoms with Gasteiger partial charge in [-0.25, -0.2) is 0 Å². The molecule has 0 bridgehead atoms. The fraction of sp³-hybridized carbons (Fsp3) is 0.600. The van der Waals surface area contributed by atoms with Gasteiger partial charge in [0.15, 0.2) is 0 Å². The highest BCUT2D eigenvalue weighted by molar-refractivity contribution is 5.54. The molecule has 0 spiro atoms. The van der Waals surface area contributed by atoms with Crippen molar-refractivity contribution in [2.45, 2.75) is 58.4 Å². The Morgan fingerprint density at radius 1 is 1.11 bits per heavy atom. The maximum atomic E-state index is 3.51. The maximum absolute atomic E-state index is 3.51. The fourth-order valence-corrected chi connectivity index (χ4v) is 6.75. The van der Waals surface area contributed by atoms with Crippen LogP contribution >= 0.6 is 0 Å². The molecule has 3 aliphatic carbocycles. The molecule has 4 unspecified atom stereocenters. The van der Waals surface area contributed by atoms with Crippen LogP contribution < -0.4 is 5.32 Å². The molecular weight excluding hydrogens is 328 g/mol. The van der Waals surface area contributed by atoms with Crippen molar-refractivity contribution < 1.29 is 0 Å². The van der Waals surface area contributed by atoms with Crippen molar-refractivity contribution in [3.05, 3.63) is 58.6 Å². The molecule has 142 valence electrons. The van der Waals surface area contributed by atoms with Gasteiger partial charge < -0.3 is 10.2 Å². The van der Waals surface area contributed by atoms with Crippen LogP contribution in [0.15, 0.2) is 58.6 Å². The monoisotopic (exact) mass is 360 g/mol. The van der Waals surface area contributed by atoms with E-state index in [2.05, 4.69) is 54.6 Å². The predicted octanol–water partition coefficient (Wildman–Crippen LogP) is 5.29. The van der Waals surface area contributed by atoms with E-state index in [1.54, 1.807) is 22.4 Å². The van der Waals surface area contributed by atoms with E-state index in [1.807, 2.05) is 0 Å². The van der Waals surface area contributed by atoms with Crippen LogP contribution in [0.2, 0.25) is 0 Å². The molecule has 2 fully saturated rings. The third kappa shape index (κ3) is 2.31. The van der Waals surface area contributed by atoms with Crippen LogP contribution in [0.4, 0.5) is 0 Å². The Balaban J connectivity index is 1.46. The molecular formula is C25H32N2. The number of allylic oxidation sites excluding steroid dienone is 5. The molecule has 6 rings (SSSR count). The molecule has 3 heterocycles. The van der Waals surface area contributed by atoms with Gasteiger partial charge in [-0.2, -0.15) is 0 Å². The summed E-state index contributed by atoms with van der Waals surface area (Å²) in [4.78, 5) is 2.81. The summed E-state index contributed by atoms with van der Waals surface area (Å²) in [7, 11) is 0. The van der Waals surface area contributed by atoms with E-state index < -0.39 is 0 Å². The first-order valence-corrected chi connectivity index (χ1v) is 11.3. The number of nitrogens with zero attached hydrogens (tertiary/aromatic N) is 1. The summed E-state index contributed by atoms with van der Waals surface area (Å²) in [6.07, 6.45) is 20.0. The van der Waals surface area contributed by atoms with Gasteiger partial charge in [-0.15, -0.1) is 0 Å². The van der Waals surface area contributed by atoms with Gasteiger partial charge in [-0.1, -0.05) is 32.1 Å². The lowest BCUT2D eigenvalue weighted by atomic mass is 9.75. The first-order chi connectivity index (χ1) is 13.2. The largest absolute Gasteiger partial charge is 0.387 e. The number of nitrogens with one attached hydrogen (secondary N) is 1. The van der Waals surface area contributed by atoms with Crippen molar-refractivity contribution in [1.82, 2.24) is 10.2 Å². The zero-order valence-corrected chi connectivity index (χ0v) is 16.7.